The van der Waals surface area contributed by atoms with E-state index in [1.807, 2.05) is 6.92 Å². The molecule has 0 radical (unpaired) electrons. The van der Waals surface area contributed by atoms with E-state index < -0.39 is 29.7 Å². The summed E-state index contributed by atoms with van der Waals surface area (Å²) in [4.78, 5) is 34.9. The molecule has 0 rings (SSSR count). The minimum Gasteiger partial charge on any atom is -0.460 e. The average Bonchev–Trinajstić information content (AvgIpc) is 2.71. The fourth-order valence-corrected chi connectivity index (χ4v) is 2.03. The maximum atomic E-state index is 12.3. The molecule has 0 aliphatic heterocycles. The topological polar surface area (TPSA) is 109 Å². The van der Waals surface area contributed by atoms with Gasteiger partial charge in [0.25, 0.3) is 0 Å². The average molecular weight is 430 g/mol. The minimum absolute atomic E-state index is 0.141. The van der Waals surface area contributed by atoms with Crippen LogP contribution in [0.25, 0.3) is 0 Å². The molecule has 0 aliphatic rings. The number of hydrogen-bond donors (Lipinski definition) is 1. The van der Waals surface area contributed by atoms with Crippen LogP contribution in [0, 0.1) is 0 Å². The van der Waals surface area contributed by atoms with Gasteiger partial charge in [-0.05, 0) is 27.2 Å². The molecule has 0 aromatic rings. The predicted octanol–water partition coefficient (Wildman–Crippen LogP) is 2.54. The lowest BCUT2D eigenvalue weighted by Crippen LogP contribution is -2.54. The van der Waals surface area contributed by atoms with Gasteiger partial charge in [-0.15, -0.1) is 0 Å². The highest BCUT2D eigenvalue weighted by atomic mass is 16.6. The Morgan fingerprint density at radius 2 is 1.57 bits per heavy atom. The highest BCUT2D eigenvalue weighted by Gasteiger charge is 2.31. The summed E-state index contributed by atoms with van der Waals surface area (Å²) >= 11 is 0. The van der Waals surface area contributed by atoms with E-state index >= 15 is 0 Å². The first-order valence-corrected chi connectivity index (χ1v) is 9.92. The Morgan fingerprint density at radius 3 is 2.07 bits per heavy atom. The van der Waals surface area contributed by atoms with Gasteiger partial charge in [-0.2, -0.15) is 0 Å². The first-order valence-electron chi connectivity index (χ1n) is 9.92. The van der Waals surface area contributed by atoms with E-state index in [1.54, 1.807) is 6.92 Å². The molecule has 0 saturated carbocycles. The van der Waals surface area contributed by atoms with Crippen LogP contribution < -0.4 is 5.32 Å². The zero-order valence-electron chi connectivity index (χ0n) is 18.4. The van der Waals surface area contributed by atoms with Gasteiger partial charge in [-0.1, -0.05) is 26.5 Å². The largest absolute Gasteiger partial charge is 0.460 e. The van der Waals surface area contributed by atoms with Crippen molar-refractivity contribution in [2.75, 3.05) is 33.0 Å². The molecule has 1 N–H and O–H groups in total. The third-order valence-corrected chi connectivity index (χ3v) is 3.72. The standard InChI is InChI=1S/C21H35NO8/c1-7-10-11-26-12-16(4)27-13-17(5)30-20(25)22-21(6,14-28-18(23)8-2)15-29-19(24)9-3/h8-9,16-17H,2-3,7,10-15H2,1,4-6H3,(H,22,25). The van der Waals surface area contributed by atoms with E-state index in [9.17, 15) is 14.4 Å². The lowest BCUT2D eigenvalue weighted by atomic mass is 10.1. The van der Waals surface area contributed by atoms with Gasteiger partial charge < -0.3 is 29.0 Å². The number of alkyl carbamates (subject to hydrolysis) is 1. The van der Waals surface area contributed by atoms with Crippen molar-refractivity contribution in [2.24, 2.45) is 0 Å². The quantitative estimate of drug-likeness (QED) is 0.173. The molecule has 1 amide bonds. The van der Waals surface area contributed by atoms with E-state index in [4.69, 9.17) is 23.7 Å². The van der Waals surface area contributed by atoms with E-state index in [1.165, 1.54) is 6.92 Å². The van der Waals surface area contributed by atoms with Crippen LogP contribution in [0.3, 0.4) is 0 Å². The van der Waals surface area contributed by atoms with Crippen molar-refractivity contribution in [3.63, 3.8) is 0 Å². The third-order valence-electron chi connectivity index (χ3n) is 3.72. The van der Waals surface area contributed by atoms with Gasteiger partial charge in [-0.25, -0.2) is 14.4 Å². The normalized spacial score (nSPS) is 12.9. The van der Waals surface area contributed by atoms with Crippen LogP contribution in [0.4, 0.5) is 4.79 Å². The summed E-state index contributed by atoms with van der Waals surface area (Å²) in [6.07, 6.45) is 2.58. The maximum absolute atomic E-state index is 12.3. The van der Waals surface area contributed by atoms with Gasteiger partial charge >= 0.3 is 18.0 Å². The Kier molecular flexibility index (Phi) is 14.2. The summed E-state index contributed by atoms with van der Waals surface area (Å²) in [7, 11) is 0. The van der Waals surface area contributed by atoms with E-state index in [0.29, 0.717) is 13.2 Å². The zero-order valence-corrected chi connectivity index (χ0v) is 18.4. The number of rotatable bonds is 16. The zero-order chi connectivity index (χ0) is 23.0. The van der Waals surface area contributed by atoms with Crippen LogP contribution in [0.2, 0.25) is 0 Å². The molecule has 0 spiro atoms. The molecule has 0 bridgehead atoms. The molecule has 2 atom stereocenters. The summed E-state index contributed by atoms with van der Waals surface area (Å²) in [6, 6.07) is 0. The Labute approximate surface area is 178 Å². The fraction of sp³-hybridized carbons (Fsp3) is 0.667. The number of amides is 1. The molecule has 2 unspecified atom stereocenters. The molecule has 0 aliphatic carbocycles. The fourth-order valence-electron chi connectivity index (χ4n) is 2.03. The number of carbonyl (C=O) groups is 3. The van der Waals surface area contributed by atoms with Gasteiger partial charge in [0.05, 0.1) is 19.3 Å². The number of nitrogens with one attached hydrogen (secondary N) is 1. The molecule has 0 heterocycles. The molecule has 9 heteroatoms. The summed E-state index contributed by atoms with van der Waals surface area (Å²) in [5, 5.41) is 2.55. The lowest BCUT2D eigenvalue weighted by molar-refractivity contribution is -0.144. The Hall–Kier alpha value is -2.39. The molecule has 172 valence electrons. The van der Waals surface area contributed by atoms with Gasteiger partial charge in [0.2, 0.25) is 0 Å². The summed E-state index contributed by atoms with van der Waals surface area (Å²) in [6.45, 7) is 14.6. The highest BCUT2D eigenvalue weighted by Crippen LogP contribution is 2.09. The van der Waals surface area contributed by atoms with Crippen LogP contribution in [0.15, 0.2) is 25.3 Å². The Bertz CT molecular complexity index is 539. The van der Waals surface area contributed by atoms with E-state index in [0.717, 1.165) is 25.0 Å². The van der Waals surface area contributed by atoms with Gasteiger partial charge in [-0.3, -0.25) is 0 Å². The third kappa shape index (κ3) is 13.7. The van der Waals surface area contributed by atoms with Crippen LogP contribution in [-0.2, 0) is 33.3 Å². The number of hydrogen-bond acceptors (Lipinski definition) is 8. The summed E-state index contributed by atoms with van der Waals surface area (Å²) in [5.74, 6) is -1.35. The van der Waals surface area contributed by atoms with Crippen LogP contribution in [-0.4, -0.2) is 68.8 Å². The smallest absolute Gasteiger partial charge is 0.408 e. The molecule has 0 fully saturated rings. The van der Waals surface area contributed by atoms with Crippen molar-refractivity contribution in [3.8, 4) is 0 Å². The molecule has 0 aromatic carbocycles. The van der Waals surface area contributed by atoms with Crippen molar-refractivity contribution in [2.45, 2.75) is 58.3 Å². The van der Waals surface area contributed by atoms with Crippen molar-refractivity contribution < 1.29 is 38.1 Å². The van der Waals surface area contributed by atoms with Crippen LogP contribution in [0.5, 0.6) is 0 Å². The molecule has 0 saturated heterocycles. The number of ether oxygens (including phenoxy) is 5. The van der Waals surface area contributed by atoms with Crippen LogP contribution in [0.1, 0.15) is 40.5 Å². The second-order valence-electron chi connectivity index (χ2n) is 7.10. The lowest BCUT2D eigenvalue weighted by Gasteiger charge is -2.29. The number of unbranched alkanes of at least 4 members (excludes halogenated alkanes) is 1. The summed E-state index contributed by atoms with van der Waals surface area (Å²) in [5.41, 5.74) is -1.21. The Balaban J connectivity index is 4.55. The van der Waals surface area contributed by atoms with Crippen molar-refractivity contribution in [1.29, 1.82) is 0 Å². The van der Waals surface area contributed by atoms with Gasteiger partial charge in [0.1, 0.15) is 24.9 Å². The number of carbonyl (C=O) groups excluding carboxylic acids is 3. The van der Waals surface area contributed by atoms with Crippen molar-refractivity contribution >= 4 is 18.0 Å². The SMILES string of the molecule is C=CC(=O)OCC(C)(COC(=O)C=C)NC(=O)OC(C)COC(C)COCCCC. The predicted molar refractivity (Wildman–Crippen MR) is 111 cm³/mol. The monoisotopic (exact) mass is 429 g/mol. The first kappa shape index (κ1) is 27.6. The molecule has 0 aromatic heterocycles. The van der Waals surface area contributed by atoms with Gasteiger partial charge in [0, 0.05) is 18.8 Å². The molecule has 30 heavy (non-hydrogen) atoms. The second kappa shape index (κ2) is 15.4. The molecule has 9 nitrogen and oxygen atoms in total. The van der Waals surface area contributed by atoms with Crippen molar-refractivity contribution in [3.05, 3.63) is 25.3 Å². The van der Waals surface area contributed by atoms with E-state index in [2.05, 4.69) is 25.4 Å². The number of esters is 2. The van der Waals surface area contributed by atoms with Crippen LogP contribution >= 0.6 is 0 Å². The van der Waals surface area contributed by atoms with Crippen molar-refractivity contribution in [1.82, 2.24) is 5.32 Å². The maximum Gasteiger partial charge on any atom is 0.408 e. The van der Waals surface area contributed by atoms with E-state index in [-0.39, 0.29) is 25.9 Å². The second-order valence-corrected chi connectivity index (χ2v) is 7.10. The first-order chi connectivity index (χ1) is 14.2. The molecular weight excluding hydrogens is 394 g/mol. The minimum atomic E-state index is -1.21. The highest BCUT2D eigenvalue weighted by molar-refractivity contribution is 5.82. The Morgan fingerprint density at radius 1 is 1.00 bits per heavy atom. The summed E-state index contributed by atoms with van der Waals surface area (Å²) < 4.78 is 26.3. The van der Waals surface area contributed by atoms with Gasteiger partial charge in [0.15, 0.2) is 0 Å². The molecular formula is C21H35NO8.